The van der Waals surface area contributed by atoms with Gasteiger partial charge in [0.25, 0.3) is 0 Å². The number of carbonyl (C=O) groups excluding carboxylic acids is 1. The predicted molar refractivity (Wildman–Crippen MR) is 130 cm³/mol. The summed E-state index contributed by atoms with van der Waals surface area (Å²) in [7, 11) is 1.79. The Kier molecular flexibility index (Phi) is 7.77. The Morgan fingerprint density at radius 2 is 1.83 bits per heavy atom. The van der Waals surface area contributed by atoms with E-state index in [-0.39, 0.29) is 29.9 Å². The van der Waals surface area contributed by atoms with Crippen molar-refractivity contribution in [2.24, 2.45) is 4.99 Å². The van der Waals surface area contributed by atoms with Crippen molar-refractivity contribution in [1.29, 1.82) is 0 Å². The zero-order valence-corrected chi connectivity index (χ0v) is 19.9. The number of carbonyl (C=O) groups is 1. The van der Waals surface area contributed by atoms with Crippen molar-refractivity contribution >= 4 is 52.9 Å². The van der Waals surface area contributed by atoms with Crippen LogP contribution >= 0.6 is 35.3 Å². The number of guanidine groups is 1. The fourth-order valence-corrected chi connectivity index (χ4v) is 4.77. The lowest BCUT2D eigenvalue weighted by Gasteiger charge is -2.37. The molecule has 0 radical (unpaired) electrons. The molecule has 1 fully saturated rings. The van der Waals surface area contributed by atoms with Gasteiger partial charge in [0.1, 0.15) is 0 Å². The number of thiophene rings is 1. The summed E-state index contributed by atoms with van der Waals surface area (Å²) in [6.07, 6.45) is 0.967. The molecule has 1 amide bonds. The SMILES string of the molecule is CN=C(NCC(=O)N1CCc2sccc2C1)N1CCN(c2ccccc2)CC1.I. The number of fused-ring (bicyclic) bond motifs is 1. The number of rotatable bonds is 3. The van der Waals surface area contributed by atoms with E-state index in [2.05, 4.69) is 55.8 Å². The van der Waals surface area contributed by atoms with E-state index < -0.39 is 0 Å². The monoisotopic (exact) mass is 525 g/mol. The van der Waals surface area contributed by atoms with Gasteiger partial charge in [-0.25, -0.2) is 0 Å². The van der Waals surface area contributed by atoms with Crippen molar-refractivity contribution in [2.75, 3.05) is 51.2 Å². The number of halogens is 1. The molecule has 3 heterocycles. The summed E-state index contributed by atoms with van der Waals surface area (Å²) in [5.74, 6) is 0.954. The highest BCUT2D eigenvalue weighted by Gasteiger charge is 2.23. The standard InChI is InChI=1S/C21H27N5OS.HI/c1-22-21(25-12-10-24(11-13-25)18-5-3-2-4-6-18)23-15-20(27)26-9-7-19-17(16-26)8-14-28-19;/h2-6,8,14H,7,9-13,15-16H2,1H3,(H,22,23);1H. The van der Waals surface area contributed by atoms with Crippen LogP contribution in [0, 0.1) is 0 Å². The molecule has 4 rings (SSSR count). The molecular formula is C21H28IN5OS. The Morgan fingerprint density at radius 3 is 2.55 bits per heavy atom. The summed E-state index contributed by atoms with van der Waals surface area (Å²) in [4.78, 5) is 25.0. The van der Waals surface area contributed by atoms with Crippen LogP contribution < -0.4 is 10.2 Å². The van der Waals surface area contributed by atoms with Crippen LogP contribution in [0.4, 0.5) is 5.69 Å². The van der Waals surface area contributed by atoms with Crippen LogP contribution in [0.3, 0.4) is 0 Å². The van der Waals surface area contributed by atoms with Gasteiger partial charge in [-0.1, -0.05) is 18.2 Å². The molecule has 0 unspecified atom stereocenters. The van der Waals surface area contributed by atoms with E-state index in [0.29, 0.717) is 6.54 Å². The van der Waals surface area contributed by atoms with Crippen LogP contribution in [0.1, 0.15) is 10.4 Å². The summed E-state index contributed by atoms with van der Waals surface area (Å²) >= 11 is 1.79. The molecule has 0 atom stereocenters. The summed E-state index contributed by atoms with van der Waals surface area (Å²) < 4.78 is 0. The first-order valence-electron chi connectivity index (χ1n) is 9.83. The Hall–Kier alpha value is -1.81. The molecule has 1 N–H and O–H groups in total. The van der Waals surface area contributed by atoms with Crippen LogP contribution in [-0.4, -0.2) is 68.0 Å². The number of hydrogen-bond donors (Lipinski definition) is 1. The van der Waals surface area contributed by atoms with Gasteiger partial charge >= 0.3 is 0 Å². The van der Waals surface area contributed by atoms with E-state index in [0.717, 1.165) is 51.6 Å². The Labute approximate surface area is 193 Å². The van der Waals surface area contributed by atoms with Crippen LogP contribution in [0.2, 0.25) is 0 Å². The molecule has 29 heavy (non-hydrogen) atoms. The molecule has 0 saturated carbocycles. The number of piperazine rings is 1. The Bertz CT molecular complexity index is 833. The number of nitrogens with one attached hydrogen (secondary N) is 1. The molecule has 156 valence electrons. The molecule has 0 bridgehead atoms. The first-order valence-corrected chi connectivity index (χ1v) is 10.7. The van der Waals surface area contributed by atoms with Gasteiger partial charge in [-0.15, -0.1) is 35.3 Å². The Morgan fingerprint density at radius 1 is 1.07 bits per heavy atom. The topological polar surface area (TPSA) is 51.2 Å². The zero-order chi connectivity index (χ0) is 19.3. The van der Waals surface area contributed by atoms with Gasteiger partial charge in [-0.3, -0.25) is 9.79 Å². The Balaban J connectivity index is 0.00000240. The number of para-hydroxylation sites is 1. The van der Waals surface area contributed by atoms with E-state index in [9.17, 15) is 4.79 Å². The minimum Gasteiger partial charge on any atom is -0.368 e. The van der Waals surface area contributed by atoms with E-state index in [1.54, 1.807) is 18.4 Å². The van der Waals surface area contributed by atoms with Crippen LogP contribution in [0.5, 0.6) is 0 Å². The van der Waals surface area contributed by atoms with Crippen molar-refractivity contribution in [1.82, 2.24) is 15.1 Å². The molecule has 1 aromatic carbocycles. The zero-order valence-electron chi connectivity index (χ0n) is 16.7. The largest absolute Gasteiger partial charge is 0.368 e. The normalized spacial score (nSPS) is 16.9. The van der Waals surface area contributed by atoms with Gasteiger partial charge in [0, 0.05) is 56.9 Å². The van der Waals surface area contributed by atoms with Crippen molar-refractivity contribution in [3.8, 4) is 0 Å². The third-order valence-corrected chi connectivity index (χ3v) is 6.49. The number of hydrogen-bond acceptors (Lipinski definition) is 4. The van der Waals surface area contributed by atoms with Gasteiger partial charge in [0.05, 0.1) is 6.54 Å². The first-order chi connectivity index (χ1) is 13.7. The third kappa shape index (κ3) is 5.22. The van der Waals surface area contributed by atoms with E-state index in [4.69, 9.17) is 0 Å². The minimum absolute atomic E-state index is 0. The molecule has 0 aliphatic carbocycles. The number of benzene rings is 1. The molecule has 2 aliphatic rings. The second kappa shape index (κ2) is 10.3. The number of aliphatic imine (C=N–C) groups is 1. The average molecular weight is 525 g/mol. The smallest absolute Gasteiger partial charge is 0.242 e. The maximum atomic E-state index is 12.7. The minimum atomic E-state index is 0. The highest BCUT2D eigenvalue weighted by atomic mass is 127. The predicted octanol–water partition coefficient (Wildman–Crippen LogP) is 2.65. The number of nitrogens with zero attached hydrogens (tertiary/aromatic N) is 4. The van der Waals surface area contributed by atoms with Crippen molar-refractivity contribution < 1.29 is 4.79 Å². The van der Waals surface area contributed by atoms with Gasteiger partial charge in [-0.2, -0.15) is 0 Å². The van der Waals surface area contributed by atoms with Crippen LogP contribution in [-0.2, 0) is 17.8 Å². The molecule has 6 nitrogen and oxygen atoms in total. The molecule has 8 heteroatoms. The summed E-state index contributed by atoms with van der Waals surface area (Å²) in [5.41, 5.74) is 2.56. The molecule has 0 spiro atoms. The maximum Gasteiger partial charge on any atom is 0.242 e. The summed E-state index contributed by atoms with van der Waals surface area (Å²) in [6, 6.07) is 12.6. The second-order valence-corrected chi connectivity index (χ2v) is 8.15. The lowest BCUT2D eigenvalue weighted by atomic mass is 10.1. The molecular weight excluding hydrogens is 497 g/mol. The maximum absolute atomic E-state index is 12.7. The van der Waals surface area contributed by atoms with Crippen molar-refractivity contribution in [3.63, 3.8) is 0 Å². The third-order valence-electron chi connectivity index (χ3n) is 5.47. The highest BCUT2D eigenvalue weighted by Crippen LogP contribution is 2.23. The molecule has 1 saturated heterocycles. The van der Waals surface area contributed by atoms with E-state index in [1.807, 2.05) is 11.0 Å². The highest BCUT2D eigenvalue weighted by molar-refractivity contribution is 14.0. The molecule has 1 aromatic heterocycles. The first kappa shape index (κ1) is 21.9. The van der Waals surface area contributed by atoms with E-state index >= 15 is 0 Å². The fraction of sp³-hybridized carbons (Fsp3) is 0.429. The summed E-state index contributed by atoms with van der Waals surface area (Å²) in [6.45, 7) is 5.52. The number of amides is 1. The van der Waals surface area contributed by atoms with Gasteiger partial charge in [0.2, 0.25) is 5.91 Å². The second-order valence-electron chi connectivity index (χ2n) is 7.14. The van der Waals surface area contributed by atoms with Crippen molar-refractivity contribution in [3.05, 3.63) is 52.2 Å². The average Bonchev–Trinajstić information content (AvgIpc) is 3.23. The van der Waals surface area contributed by atoms with Gasteiger partial charge < -0.3 is 20.0 Å². The molecule has 2 aliphatic heterocycles. The van der Waals surface area contributed by atoms with Gasteiger partial charge in [-0.05, 0) is 35.6 Å². The van der Waals surface area contributed by atoms with Crippen molar-refractivity contribution in [2.45, 2.75) is 13.0 Å². The van der Waals surface area contributed by atoms with Crippen LogP contribution in [0.15, 0.2) is 46.8 Å². The lowest BCUT2D eigenvalue weighted by molar-refractivity contribution is -0.130. The van der Waals surface area contributed by atoms with E-state index in [1.165, 1.54) is 16.1 Å². The lowest BCUT2D eigenvalue weighted by Crippen LogP contribution is -2.54. The van der Waals surface area contributed by atoms with Crippen LogP contribution in [0.25, 0.3) is 0 Å². The number of anilines is 1. The van der Waals surface area contributed by atoms with Gasteiger partial charge in [0.15, 0.2) is 5.96 Å². The molecule has 2 aromatic rings. The quantitative estimate of drug-likeness (QED) is 0.381. The summed E-state index contributed by atoms with van der Waals surface area (Å²) in [5, 5.41) is 5.40. The fourth-order valence-electron chi connectivity index (χ4n) is 3.88.